The molecule has 1 aromatic rings. The SMILES string of the molecule is CN1CCN(C(CN)c2cccc(C3CC3)c2)CC1(C)C. The van der Waals surface area contributed by atoms with Gasteiger partial charge in [0.2, 0.25) is 0 Å². The van der Waals surface area contributed by atoms with E-state index in [1.54, 1.807) is 0 Å². The first-order chi connectivity index (χ1) is 10.0. The highest BCUT2D eigenvalue weighted by Gasteiger charge is 2.34. The standard InChI is InChI=1S/C18H29N3/c1-18(2)13-21(10-9-20(18)3)17(12-19)16-6-4-5-15(11-16)14-7-8-14/h4-6,11,14,17H,7-10,12-13,19H2,1-3H3. The molecule has 1 heterocycles. The molecule has 0 amide bonds. The third-order valence-electron chi connectivity index (χ3n) is 5.35. The van der Waals surface area contributed by atoms with E-state index in [0.29, 0.717) is 12.6 Å². The van der Waals surface area contributed by atoms with Crippen LogP contribution in [0.5, 0.6) is 0 Å². The van der Waals surface area contributed by atoms with Gasteiger partial charge in [0.25, 0.3) is 0 Å². The van der Waals surface area contributed by atoms with Crippen LogP contribution in [0.1, 0.15) is 49.8 Å². The molecular formula is C18H29N3. The smallest absolute Gasteiger partial charge is 0.0471 e. The number of piperazine rings is 1. The predicted molar refractivity (Wildman–Crippen MR) is 88.5 cm³/mol. The molecule has 0 radical (unpaired) electrons. The second-order valence-electron chi connectivity index (χ2n) is 7.40. The third-order valence-corrected chi connectivity index (χ3v) is 5.35. The molecule has 0 spiro atoms. The number of hydrogen-bond donors (Lipinski definition) is 1. The molecule has 1 aliphatic heterocycles. The highest BCUT2D eigenvalue weighted by atomic mass is 15.3. The molecule has 2 N–H and O–H groups in total. The van der Waals surface area contributed by atoms with Crippen molar-refractivity contribution in [1.82, 2.24) is 9.80 Å². The number of benzene rings is 1. The number of nitrogens with zero attached hydrogens (tertiary/aromatic N) is 2. The molecular weight excluding hydrogens is 258 g/mol. The van der Waals surface area contributed by atoms with Gasteiger partial charge in [0.05, 0.1) is 0 Å². The lowest BCUT2D eigenvalue weighted by Crippen LogP contribution is -2.58. The van der Waals surface area contributed by atoms with E-state index in [-0.39, 0.29) is 5.54 Å². The van der Waals surface area contributed by atoms with E-state index in [9.17, 15) is 0 Å². The molecule has 3 nitrogen and oxygen atoms in total. The Hall–Kier alpha value is -0.900. The molecule has 3 heteroatoms. The van der Waals surface area contributed by atoms with Crippen molar-refractivity contribution in [2.45, 2.75) is 44.2 Å². The molecule has 116 valence electrons. The van der Waals surface area contributed by atoms with Gasteiger partial charge in [-0.25, -0.2) is 0 Å². The Morgan fingerprint density at radius 3 is 2.67 bits per heavy atom. The lowest BCUT2D eigenvalue weighted by atomic mass is 9.95. The van der Waals surface area contributed by atoms with Gasteiger partial charge >= 0.3 is 0 Å². The van der Waals surface area contributed by atoms with E-state index >= 15 is 0 Å². The van der Waals surface area contributed by atoms with Crippen molar-refractivity contribution in [2.75, 3.05) is 33.2 Å². The summed E-state index contributed by atoms with van der Waals surface area (Å²) in [6.07, 6.45) is 2.72. The summed E-state index contributed by atoms with van der Waals surface area (Å²) in [6.45, 7) is 8.66. The highest BCUT2D eigenvalue weighted by Crippen LogP contribution is 2.41. The normalized spacial score (nSPS) is 25.0. The second kappa shape index (κ2) is 5.71. The van der Waals surface area contributed by atoms with Gasteiger partial charge in [0.1, 0.15) is 0 Å². The lowest BCUT2D eigenvalue weighted by molar-refractivity contribution is 0.0180. The average Bonchev–Trinajstić information content (AvgIpc) is 3.28. The summed E-state index contributed by atoms with van der Waals surface area (Å²) in [4.78, 5) is 5.03. The van der Waals surface area contributed by atoms with E-state index in [2.05, 4.69) is 55.0 Å². The minimum atomic E-state index is 0.222. The van der Waals surface area contributed by atoms with Gasteiger partial charge in [0.15, 0.2) is 0 Å². The summed E-state index contributed by atoms with van der Waals surface area (Å²) < 4.78 is 0. The fourth-order valence-corrected chi connectivity index (χ4v) is 3.48. The van der Waals surface area contributed by atoms with E-state index in [1.807, 2.05) is 0 Å². The average molecular weight is 287 g/mol. The van der Waals surface area contributed by atoms with Crippen LogP contribution in [0, 0.1) is 0 Å². The van der Waals surface area contributed by atoms with E-state index in [1.165, 1.54) is 24.0 Å². The lowest BCUT2D eigenvalue weighted by Gasteiger charge is -2.48. The summed E-state index contributed by atoms with van der Waals surface area (Å²) in [5, 5.41) is 0. The molecule has 1 saturated heterocycles. The maximum absolute atomic E-state index is 6.15. The Morgan fingerprint density at radius 1 is 1.29 bits per heavy atom. The fourth-order valence-electron chi connectivity index (χ4n) is 3.48. The van der Waals surface area contributed by atoms with E-state index < -0.39 is 0 Å². The van der Waals surface area contributed by atoms with Crippen molar-refractivity contribution in [3.8, 4) is 0 Å². The Kier molecular flexibility index (Phi) is 4.08. The molecule has 1 aliphatic carbocycles. The summed E-state index contributed by atoms with van der Waals surface area (Å²) in [5.74, 6) is 0.812. The van der Waals surface area contributed by atoms with Crippen LogP contribution < -0.4 is 5.73 Å². The van der Waals surface area contributed by atoms with Crippen molar-refractivity contribution in [3.63, 3.8) is 0 Å². The molecule has 3 rings (SSSR count). The number of nitrogens with two attached hydrogens (primary N) is 1. The Bertz CT molecular complexity index is 493. The first kappa shape index (κ1) is 15.0. The van der Waals surface area contributed by atoms with Crippen LogP contribution in [0.15, 0.2) is 24.3 Å². The van der Waals surface area contributed by atoms with Crippen molar-refractivity contribution < 1.29 is 0 Å². The number of rotatable bonds is 4. The van der Waals surface area contributed by atoms with Gasteiger partial charge in [-0.2, -0.15) is 0 Å². The molecule has 2 fully saturated rings. The number of hydrogen-bond acceptors (Lipinski definition) is 3. The topological polar surface area (TPSA) is 32.5 Å². The van der Waals surface area contributed by atoms with Crippen molar-refractivity contribution in [1.29, 1.82) is 0 Å². The van der Waals surface area contributed by atoms with Crippen LogP contribution in [0.4, 0.5) is 0 Å². The van der Waals surface area contributed by atoms with Crippen molar-refractivity contribution >= 4 is 0 Å². The number of likely N-dealkylation sites (N-methyl/N-ethyl adjacent to an activating group) is 1. The summed E-state index contributed by atoms with van der Waals surface area (Å²) >= 11 is 0. The monoisotopic (exact) mass is 287 g/mol. The Morgan fingerprint density at radius 2 is 2.05 bits per heavy atom. The molecule has 21 heavy (non-hydrogen) atoms. The zero-order chi connectivity index (χ0) is 15.0. The summed E-state index contributed by atoms with van der Waals surface area (Å²) in [6, 6.07) is 9.52. The van der Waals surface area contributed by atoms with E-state index in [4.69, 9.17) is 5.73 Å². The van der Waals surface area contributed by atoms with Gasteiger partial charge in [-0.3, -0.25) is 9.80 Å². The summed E-state index contributed by atoms with van der Waals surface area (Å²) in [7, 11) is 2.22. The molecule has 1 saturated carbocycles. The van der Waals surface area contributed by atoms with Crippen LogP contribution in [-0.2, 0) is 0 Å². The van der Waals surface area contributed by atoms with Crippen LogP contribution in [-0.4, -0.2) is 48.6 Å². The predicted octanol–water partition coefficient (Wildman–Crippen LogP) is 2.59. The Balaban J connectivity index is 1.79. The first-order valence-corrected chi connectivity index (χ1v) is 8.26. The highest BCUT2D eigenvalue weighted by molar-refractivity contribution is 5.31. The van der Waals surface area contributed by atoms with Crippen LogP contribution in [0.2, 0.25) is 0 Å². The van der Waals surface area contributed by atoms with Crippen molar-refractivity contribution in [3.05, 3.63) is 35.4 Å². The van der Waals surface area contributed by atoms with Crippen molar-refractivity contribution in [2.24, 2.45) is 5.73 Å². The largest absolute Gasteiger partial charge is 0.329 e. The molecule has 0 bridgehead atoms. The minimum absolute atomic E-state index is 0.222. The van der Waals surface area contributed by atoms with Gasteiger partial charge in [-0.05, 0) is 50.8 Å². The zero-order valence-electron chi connectivity index (χ0n) is 13.7. The van der Waals surface area contributed by atoms with Gasteiger partial charge in [-0.1, -0.05) is 24.3 Å². The third kappa shape index (κ3) is 3.15. The van der Waals surface area contributed by atoms with Gasteiger partial charge < -0.3 is 5.73 Å². The van der Waals surface area contributed by atoms with Gasteiger partial charge in [0, 0.05) is 37.8 Å². The van der Waals surface area contributed by atoms with Crippen LogP contribution in [0.3, 0.4) is 0 Å². The molecule has 1 atom stereocenters. The summed E-state index contributed by atoms with van der Waals surface area (Å²) in [5.41, 5.74) is 9.29. The first-order valence-electron chi connectivity index (χ1n) is 8.26. The van der Waals surface area contributed by atoms with E-state index in [0.717, 1.165) is 25.6 Å². The molecule has 1 unspecified atom stereocenters. The van der Waals surface area contributed by atoms with Crippen LogP contribution in [0.25, 0.3) is 0 Å². The Labute approximate surface area is 129 Å². The zero-order valence-corrected chi connectivity index (χ0v) is 13.7. The second-order valence-corrected chi connectivity index (χ2v) is 7.40. The van der Waals surface area contributed by atoms with Crippen LogP contribution >= 0.6 is 0 Å². The maximum atomic E-state index is 6.15. The molecule has 0 aromatic heterocycles. The quantitative estimate of drug-likeness (QED) is 0.924. The van der Waals surface area contributed by atoms with Gasteiger partial charge in [-0.15, -0.1) is 0 Å². The fraction of sp³-hybridized carbons (Fsp3) is 0.667. The maximum Gasteiger partial charge on any atom is 0.0471 e. The molecule has 2 aliphatic rings. The minimum Gasteiger partial charge on any atom is -0.329 e. The molecule has 1 aromatic carbocycles.